The van der Waals surface area contributed by atoms with Crippen LogP contribution in [0.4, 0.5) is 0 Å². The molecule has 0 radical (unpaired) electrons. The molecular formula is C24H38N6O2. The van der Waals surface area contributed by atoms with Crippen molar-refractivity contribution in [2.45, 2.75) is 58.4 Å². The molecule has 3 rings (SSSR count). The molecule has 8 heteroatoms. The minimum atomic E-state index is 0.270. The topological polar surface area (TPSA) is 87.8 Å². The molecule has 0 saturated carbocycles. The molecule has 1 saturated heterocycles. The Labute approximate surface area is 191 Å². The van der Waals surface area contributed by atoms with Gasteiger partial charge in [0.05, 0.1) is 19.7 Å². The Hall–Kier alpha value is -2.61. The van der Waals surface area contributed by atoms with Crippen molar-refractivity contribution in [3.63, 3.8) is 0 Å². The van der Waals surface area contributed by atoms with E-state index in [9.17, 15) is 0 Å². The van der Waals surface area contributed by atoms with Gasteiger partial charge >= 0.3 is 0 Å². The zero-order valence-electron chi connectivity index (χ0n) is 19.9. The molecule has 1 aromatic carbocycles. The quantitative estimate of drug-likeness (QED) is 0.313. The van der Waals surface area contributed by atoms with Crippen molar-refractivity contribution >= 4 is 5.96 Å². The lowest BCUT2D eigenvalue weighted by atomic mass is 10.1. The first-order valence-electron chi connectivity index (χ1n) is 11.8. The van der Waals surface area contributed by atoms with E-state index in [2.05, 4.69) is 58.6 Å². The highest BCUT2D eigenvalue weighted by Gasteiger charge is 2.23. The van der Waals surface area contributed by atoms with Gasteiger partial charge in [0, 0.05) is 25.4 Å². The number of nitrogens with zero attached hydrogens (tertiary/aromatic N) is 4. The van der Waals surface area contributed by atoms with Crippen molar-refractivity contribution in [2.75, 3.05) is 39.8 Å². The third kappa shape index (κ3) is 6.95. The number of aromatic nitrogens is 2. The Bertz CT molecular complexity index is 827. The smallest absolute Gasteiger partial charge is 0.226 e. The first kappa shape index (κ1) is 24.0. The van der Waals surface area contributed by atoms with Crippen LogP contribution in [0.25, 0.3) is 0 Å². The van der Waals surface area contributed by atoms with Gasteiger partial charge in [-0.05, 0) is 57.0 Å². The van der Waals surface area contributed by atoms with E-state index in [0.29, 0.717) is 12.4 Å². The second-order valence-electron chi connectivity index (χ2n) is 8.48. The molecule has 1 atom stereocenters. The van der Waals surface area contributed by atoms with Crippen molar-refractivity contribution < 1.29 is 9.26 Å². The number of benzene rings is 1. The number of likely N-dealkylation sites (tertiary alicyclic amines) is 1. The third-order valence-corrected chi connectivity index (χ3v) is 5.71. The van der Waals surface area contributed by atoms with Gasteiger partial charge in [-0.1, -0.05) is 31.1 Å². The molecular weight excluding hydrogens is 404 g/mol. The third-order valence-electron chi connectivity index (χ3n) is 5.71. The SMILES string of the molecule is CCNC(=NCC(c1ccc(OC)cc1)N1CCCC1)NCCCc1nc(C(C)C)no1. The average molecular weight is 443 g/mol. The molecule has 2 N–H and O–H groups in total. The van der Waals surface area contributed by atoms with Crippen LogP contribution in [0.15, 0.2) is 33.8 Å². The highest BCUT2D eigenvalue weighted by Crippen LogP contribution is 2.27. The fourth-order valence-electron chi connectivity index (χ4n) is 3.88. The molecule has 0 bridgehead atoms. The number of aliphatic imine (C=N–C) groups is 1. The summed E-state index contributed by atoms with van der Waals surface area (Å²) >= 11 is 0. The fourth-order valence-corrected chi connectivity index (χ4v) is 3.88. The summed E-state index contributed by atoms with van der Waals surface area (Å²) in [7, 11) is 1.70. The van der Waals surface area contributed by atoms with Crippen molar-refractivity contribution in [1.82, 2.24) is 25.7 Å². The highest BCUT2D eigenvalue weighted by atomic mass is 16.5. The molecule has 1 fully saturated rings. The lowest BCUT2D eigenvalue weighted by Gasteiger charge is -2.27. The molecule has 1 aliphatic rings. The molecule has 2 aromatic rings. The van der Waals surface area contributed by atoms with Crippen molar-refractivity contribution in [3.05, 3.63) is 41.5 Å². The van der Waals surface area contributed by atoms with Crippen LogP contribution in [0.5, 0.6) is 5.75 Å². The van der Waals surface area contributed by atoms with Gasteiger partial charge in [-0.25, -0.2) is 0 Å². The average Bonchev–Trinajstić information content (AvgIpc) is 3.50. The predicted molar refractivity (Wildman–Crippen MR) is 127 cm³/mol. The van der Waals surface area contributed by atoms with Crippen LogP contribution in [0.1, 0.15) is 69.3 Å². The van der Waals surface area contributed by atoms with E-state index in [0.717, 1.165) is 56.6 Å². The Morgan fingerprint density at radius 1 is 1.19 bits per heavy atom. The van der Waals surface area contributed by atoms with Gasteiger partial charge in [0.15, 0.2) is 11.8 Å². The fraction of sp³-hybridized carbons (Fsp3) is 0.625. The monoisotopic (exact) mass is 442 g/mol. The van der Waals surface area contributed by atoms with Gasteiger partial charge in [-0.15, -0.1) is 0 Å². The van der Waals surface area contributed by atoms with E-state index in [1.54, 1.807) is 7.11 Å². The Kier molecular flexibility index (Phi) is 9.34. The molecule has 0 amide bonds. The van der Waals surface area contributed by atoms with Crippen LogP contribution in [-0.4, -0.2) is 60.8 Å². The standard InChI is InChI=1S/C24H38N6O2/c1-5-25-24(26-14-8-9-22-28-23(18(2)3)29-32-22)27-17-21(30-15-6-7-16-30)19-10-12-20(31-4)13-11-19/h10-13,18,21H,5-9,14-17H2,1-4H3,(H2,25,26,27). The molecule has 8 nitrogen and oxygen atoms in total. The normalized spacial score (nSPS) is 15.8. The molecule has 1 unspecified atom stereocenters. The van der Waals surface area contributed by atoms with E-state index in [4.69, 9.17) is 14.3 Å². The van der Waals surface area contributed by atoms with Gasteiger partial charge in [-0.3, -0.25) is 9.89 Å². The summed E-state index contributed by atoms with van der Waals surface area (Å²) in [6.07, 6.45) is 4.16. The van der Waals surface area contributed by atoms with Crippen LogP contribution >= 0.6 is 0 Å². The number of aryl methyl sites for hydroxylation is 1. The lowest BCUT2D eigenvalue weighted by Crippen LogP contribution is -2.39. The van der Waals surface area contributed by atoms with Crippen LogP contribution in [-0.2, 0) is 6.42 Å². The Morgan fingerprint density at radius 3 is 2.56 bits per heavy atom. The van der Waals surface area contributed by atoms with Gasteiger partial charge < -0.3 is 19.9 Å². The second kappa shape index (κ2) is 12.4. The maximum absolute atomic E-state index is 5.33. The number of nitrogens with one attached hydrogen (secondary N) is 2. The van der Waals surface area contributed by atoms with Gasteiger partial charge in [-0.2, -0.15) is 4.98 Å². The van der Waals surface area contributed by atoms with Crippen LogP contribution in [0.2, 0.25) is 0 Å². The van der Waals surface area contributed by atoms with E-state index in [1.165, 1.54) is 18.4 Å². The van der Waals surface area contributed by atoms with Crippen LogP contribution in [0.3, 0.4) is 0 Å². The van der Waals surface area contributed by atoms with Crippen molar-refractivity contribution in [1.29, 1.82) is 0 Å². The Balaban J connectivity index is 1.57. The minimum Gasteiger partial charge on any atom is -0.497 e. The van der Waals surface area contributed by atoms with Crippen molar-refractivity contribution in [2.24, 2.45) is 4.99 Å². The first-order valence-corrected chi connectivity index (χ1v) is 11.8. The van der Waals surface area contributed by atoms with Gasteiger partial charge in [0.2, 0.25) is 5.89 Å². The van der Waals surface area contributed by atoms with Crippen LogP contribution in [0, 0.1) is 0 Å². The van der Waals surface area contributed by atoms with E-state index in [-0.39, 0.29) is 12.0 Å². The zero-order valence-corrected chi connectivity index (χ0v) is 19.9. The van der Waals surface area contributed by atoms with Gasteiger partial charge in [0.1, 0.15) is 5.75 Å². The summed E-state index contributed by atoms with van der Waals surface area (Å²) in [4.78, 5) is 11.9. The van der Waals surface area contributed by atoms with Crippen molar-refractivity contribution in [3.8, 4) is 5.75 Å². The highest BCUT2D eigenvalue weighted by molar-refractivity contribution is 5.79. The molecule has 1 aliphatic heterocycles. The summed E-state index contributed by atoms with van der Waals surface area (Å²) in [6, 6.07) is 8.66. The first-order chi connectivity index (χ1) is 15.6. The number of hydrogen-bond donors (Lipinski definition) is 2. The van der Waals surface area contributed by atoms with E-state index in [1.807, 2.05) is 12.1 Å². The second-order valence-corrected chi connectivity index (χ2v) is 8.48. The molecule has 2 heterocycles. The number of methoxy groups -OCH3 is 1. The molecule has 0 aliphatic carbocycles. The summed E-state index contributed by atoms with van der Waals surface area (Å²) in [5, 5.41) is 10.8. The molecule has 176 valence electrons. The number of ether oxygens (including phenoxy) is 1. The maximum Gasteiger partial charge on any atom is 0.226 e. The summed E-state index contributed by atoms with van der Waals surface area (Å²) < 4.78 is 10.7. The predicted octanol–water partition coefficient (Wildman–Crippen LogP) is 3.53. The maximum atomic E-state index is 5.33. The molecule has 0 spiro atoms. The summed E-state index contributed by atoms with van der Waals surface area (Å²) in [6.45, 7) is 10.8. The zero-order chi connectivity index (χ0) is 22.8. The summed E-state index contributed by atoms with van der Waals surface area (Å²) in [5.74, 6) is 3.49. The molecule has 1 aromatic heterocycles. The number of rotatable bonds is 11. The van der Waals surface area contributed by atoms with E-state index < -0.39 is 0 Å². The van der Waals surface area contributed by atoms with Gasteiger partial charge in [0.25, 0.3) is 0 Å². The number of guanidine groups is 1. The largest absolute Gasteiger partial charge is 0.497 e. The van der Waals surface area contributed by atoms with Crippen LogP contribution < -0.4 is 15.4 Å². The summed E-state index contributed by atoms with van der Waals surface area (Å²) in [5.41, 5.74) is 1.28. The Morgan fingerprint density at radius 2 is 1.94 bits per heavy atom. The molecule has 32 heavy (non-hydrogen) atoms. The minimum absolute atomic E-state index is 0.270. The lowest BCUT2D eigenvalue weighted by molar-refractivity contribution is 0.251. The van der Waals surface area contributed by atoms with E-state index >= 15 is 0 Å². The number of hydrogen-bond acceptors (Lipinski definition) is 6.